The van der Waals surface area contributed by atoms with Crippen molar-refractivity contribution in [3.63, 3.8) is 0 Å². The van der Waals surface area contributed by atoms with E-state index in [0.29, 0.717) is 6.54 Å². The highest BCUT2D eigenvalue weighted by atomic mass is 32.2. The van der Waals surface area contributed by atoms with Crippen molar-refractivity contribution >= 4 is 10.0 Å². The maximum Gasteiger partial charge on any atom is 0.213 e. The lowest BCUT2D eigenvalue weighted by molar-refractivity contribution is 0.468. The molecule has 0 aliphatic carbocycles. The van der Waals surface area contributed by atoms with Crippen LogP contribution in [0.1, 0.15) is 12.5 Å². The SMILES string of the molecule is CCS(=O)(=O)N(C)Cc1cnn(C)c1. The van der Waals surface area contributed by atoms with Gasteiger partial charge in [-0.05, 0) is 6.92 Å². The number of nitrogens with zero attached hydrogens (tertiary/aromatic N) is 3. The van der Waals surface area contributed by atoms with Crippen LogP contribution in [0.5, 0.6) is 0 Å². The summed E-state index contributed by atoms with van der Waals surface area (Å²) in [5, 5.41) is 3.97. The molecule has 1 aromatic rings. The number of sulfonamides is 1. The summed E-state index contributed by atoms with van der Waals surface area (Å²) in [7, 11) is 0.288. The van der Waals surface area contributed by atoms with E-state index >= 15 is 0 Å². The Bertz CT molecular complexity index is 396. The summed E-state index contributed by atoms with van der Waals surface area (Å²) in [6.45, 7) is 2.01. The fraction of sp³-hybridized carbons (Fsp3) is 0.625. The van der Waals surface area contributed by atoms with Gasteiger partial charge in [0, 0.05) is 32.4 Å². The summed E-state index contributed by atoms with van der Waals surface area (Å²) in [5.41, 5.74) is 0.895. The van der Waals surface area contributed by atoms with E-state index in [-0.39, 0.29) is 5.75 Å². The smallest absolute Gasteiger partial charge is 0.213 e. The van der Waals surface area contributed by atoms with Gasteiger partial charge < -0.3 is 0 Å². The number of hydrogen-bond donors (Lipinski definition) is 0. The molecule has 0 saturated carbocycles. The number of hydrogen-bond acceptors (Lipinski definition) is 3. The summed E-state index contributed by atoms with van der Waals surface area (Å²) in [6.07, 6.45) is 3.48. The Morgan fingerprint density at radius 1 is 1.57 bits per heavy atom. The molecule has 0 aromatic carbocycles. The van der Waals surface area contributed by atoms with Gasteiger partial charge in [-0.2, -0.15) is 5.10 Å². The predicted octanol–water partition coefficient (Wildman–Crippen LogP) is 0.202. The summed E-state index contributed by atoms with van der Waals surface area (Å²) < 4.78 is 25.8. The van der Waals surface area contributed by atoms with Gasteiger partial charge in [0.1, 0.15) is 0 Å². The normalized spacial score (nSPS) is 12.3. The van der Waals surface area contributed by atoms with Crippen molar-refractivity contribution < 1.29 is 8.42 Å². The molecule has 6 heteroatoms. The first-order chi connectivity index (χ1) is 6.45. The third-order valence-electron chi connectivity index (χ3n) is 2.00. The quantitative estimate of drug-likeness (QED) is 0.724. The van der Waals surface area contributed by atoms with Crippen LogP contribution >= 0.6 is 0 Å². The molecule has 0 amide bonds. The van der Waals surface area contributed by atoms with Crippen LogP contribution in [0, 0.1) is 0 Å². The first kappa shape index (κ1) is 11.2. The topological polar surface area (TPSA) is 55.2 Å². The fourth-order valence-electron chi connectivity index (χ4n) is 1.13. The highest BCUT2D eigenvalue weighted by molar-refractivity contribution is 7.89. The number of aryl methyl sites for hydroxylation is 1. The van der Waals surface area contributed by atoms with Gasteiger partial charge in [0.15, 0.2) is 0 Å². The van der Waals surface area contributed by atoms with Crippen molar-refractivity contribution in [2.75, 3.05) is 12.8 Å². The van der Waals surface area contributed by atoms with Crippen molar-refractivity contribution in [3.05, 3.63) is 18.0 Å². The molecule has 0 saturated heterocycles. The Morgan fingerprint density at radius 3 is 2.64 bits per heavy atom. The standard InChI is InChI=1S/C8H15N3O2S/c1-4-14(12,13)11(3)7-8-5-9-10(2)6-8/h5-6H,4,7H2,1-3H3. The van der Waals surface area contributed by atoms with Crippen molar-refractivity contribution in [2.45, 2.75) is 13.5 Å². The molecule has 0 spiro atoms. The van der Waals surface area contributed by atoms with E-state index < -0.39 is 10.0 Å². The molecule has 0 aliphatic rings. The van der Waals surface area contributed by atoms with Gasteiger partial charge in [-0.15, -0.1) is 0 Å². The largest absolute Gasteiger partial charge is 0.275 e. The summed E-state index contributed by atoms with van der Waals surface area (Å²) in [4.78, 5) is 0. The minimum atomic E-state index is -3.09. The fourth-order valence-corrected chi connectivity index (χ4v) is 1.92. The van der Waals surface area contributed by atoms with Crippen LogP contribution in [0.15, 0.2) is 12.4 Å². The Labute approximate surface area is 84.4 Å². The van der Waals surface area contributed by atoms with E-state index in [4.69, 9.17) is 0 Å². The van der Waals surface area contributed by atoms with E-state index in [1.54, 1.807) is 31.9 Å². The Morgan fingerprint density at radius 2 is 2.21 bits per heavy atom. The van der Waals surface area contributed by atoms with Crippen LogP contribution in [0.3, 0.4) is 0 Å². The molecule has 1 rings (SSSR count). The lowest BCUT2D eigenvalue weighted by Gasteiger charge is -2.14. The van der Waals surface area contributed by atoms with Gasteiger partial charge in [0.25, 0.3) is 0 Å². The average molecular weight is 217 g/mol. The molecule has 14 heavy (non-hydrogen) atoms. The number of rotatable bonds is 4. The summed E-state index contributed by atoms with van der Waals surface area (Å²) in [5.74, 6) is 0.129. The molecular formula is C8H15N3O2S. The molecule has 0 bridgehead atoms. The zero-order valence-corrected chi connectivity index (χ0v) is 9.45. The molecule has 0 aliphatic heterocycles. The van der Waals surface area contributed by atoms with Gasteiger partial charge in [-0.3, -0.25) is 4.68 Å². The minimum Gasteiger partial charge on any atom is -0.275 e. The van der Waals surface area contributed by atoms with Gasteiger partial charge in [-0.1, -0.05) is 0 Å². The number of aromatic nitrogens is 2. The van der Waals surface area contributed by atoms with E-state index in [9.17, 15) is 8.42 Å². The van der Waals surface area contributed by atoms with E-state index in [1.807, 2.05) is 6.20 Å². The van der Waals surface area contributed by atoms with Crippen LogP contribution in [0.25, 0.3) is 0 Å². The third kappa shape index (κ3) is 2.55. The Kier molecular flexibility index (Phi) is 3.28. The first-order valence-electron chi connectivity index (χ1n) is 4.37. The minimum absolute atomic E-state index is 0.129. The third-order valence-corrected chi connectivity index (χ3v) is 3.81. The predicted molar refractivity (Wildman–Crippen MR) is 54.1 cm³/mol. The molecule has 0 radical (unpaired) electrons. The van der Waals surface area contributed by atoms with E-state index in [0.717, 1.165) is 5.56 Å². The first-order valence-corrected chi connectivity index (χ1v) is 5.98. The molecule has 0 unspecified atom stereocenters. The van der Waals surface area contributed by atoms with Crippen LogP contribution in [-0.4, -0.2) is 35.3 Å². The molecule has 0 N–H and O–H groups in total. The highest BCUT2D eigenvalue weighted by Crippen LogP contribution is 2.05. The molecule has 1 aromatic heterocycles. The van der Waals surface area contributed by atoms with Crippen LogP contribution in [0.2, 0.25) is 0 Å². The van der Waals surface area contributed by atoms with Gasteiger partial charge >= 0.3 is 0 Å². The molecule has 1 heterocycles. The zero-order valence-electron chi connectivity index (χ0n) is 8.64. The van der Waals surface area contributed by atoms with Crippen LogP contribution in [0.4, 0.5) is 0 Å². The molecule has 0 atom stereocenters. The van der Waals surface area contributed by atoms with Gasteiger partial charge in [0.05, 0.1) is 11.9 Å². The Balaban J connectivity index is 2.71. The second kappa shape index (κ2) is 4.10. The van der Waals surface area contributed by atoms with Gasteiger partial charge in [0.2, 0.25) is 10.0 Å². The van der Waals surface area contributed by atoms with Crippen molar-refractivity contribution in [1.29, 1.82) is 0 Å². The molecular weight excluding hydrogens is 202 g/mol. The van der Waals surface area contributed by atoms with Crippen LogP contribution in [-0.2, 0) is 23.6 Å². The van der Waals surface area contributed by atoms with Crippen molar-refractivity contribution in [3.8, 4) is 0 Å². The Hall–Kier alpha value is -0.880. The summed E-state index contributed by atoms with van der Waals surface area (Å²) in [6, 6.07) is 0. The molecule has 80 valence electrons. The van der Waals surface area contributed by atoms with E-state index in [2.05, 4.69) is 5.10 Å². The van der Waals surface area contributed by atoms with Crippen molar-refractivity contribution in [1.82, 2.24) is 14.1 Å². The lowest BCUT2D eigenvalue weighted by atomic mass is 10.4. The molecule has 0 fully saturated rings. The van der Waals surface area contributed by atoms with Crippen LogP contribution < -0.4 is 0 Å². The highest BCUT2D eigenvalue weighted by Gasteiger charge is 2.15. The summed E-state index contributed by atoms with van der Waals surface area (Å²) >= 11 is 0. The second-order valence-electron chi connectivity index (χ2n) is 3.18. The second-order valence-corrected chi connectivity index (χ2v) is 5.54. The molecule has 5 nitrogen and oxygen atoms in total. The van der Waals surface area contributed by atoms with Gasteiger partial charge in [-0.25, -0.2) is 12.7 Å². The van der Waals surface area contributed by atoms with E-state index in [1.165, 1.54) is 4.31 Å². The lowest BCUT2D eigenvalue weighted by Crippen LogP contribution is -2.27. The maximum atomic E-state index is 11.4. The van der Waals surface area contributed by atoms with Crippen molar-refractivity contribution in [2.24, 2.45) is 7.05 Å². The average Bonchev–Trinajstić information content (AvgIpc) is 2.51. The zero-order chi connectivity index (χ0) is 10.8. The maximum absolute atomic E-state index is 11.4. The monoisotopic (exact) mass is 217 g/mol.